The van der Waals surface area contributed by atoms with Crippen LogP contribution < -0.4 is 10.1 Å². The number of sulfone groups is 1. The molecule has 1 aromatic carbocycles. The summed E-state index contributed by atoms with van der Waals surface area (Å²) in [5.41, 5.74) is 0.740. The summed E-state index contributed by atoms with van der Waals surface area (Å²) in [6.45, 7) is 7.50. The maximum Gasteiger partial charge on any atom is 0.235 e. The molecule has 6 heteroatoms. The average molecular weight is 327 g/mol. The Labute approximate surface area is 133 Å². The summed E-state index contributed by atoms with van der Waals surface area (Å²) >= 11 is 0. The number of carbonyl (C=O) groups is 1. The minimum atomic E-state index is -3.37. The monoisotopic (exact) mass is 327 g/mol. The summed E-state index contributed by atoms with van der Waals surface area (Å²) < 4.78 is 28.6. The van der Waals surface area contributed by atoms with E-state index in [2.05, 4.69) is 5.32 Å². The van der Waals surface area contributed by atoms with Gasteiger partial charge in [-0.2, -0.15) is 0 Å². The molecule has 0 aliphatic carbocycles. The van der Waals surface area contributed by atoms with Crippen LogP contribution in [-0.2, 0) is 20.0 Å². The molecule has 1 aromatic rings. The van der Waals surface area contributed by atoms with Crippen molar-refractivity contribution < 1.29 is 17.9 Å². The number of methoxy groups -OCH3 is 1. The molecule has 0 aromatic heterocycles. The Balaban J connectivity index is 2.67. The van der Waals surface area contributed by atoms with Gasteiger partial charge in [-0.05, 0) is 31.5 Å². The third-order valence-corrected chi connectivity index (χ3v) is 5.75. The van der Waals surface area contributed by atoms with Gasteiger partial charge in [-0.1, -0.05) is 26.0 Å². The first-order chi connectivity index (χ1) is 10.1. The number of amides is 1. The van der Waals surface area contributed by atoms with E-state index in [9.17, 15) is 13.2 Å². The van der Waals surface area contributed by atoms with Crippen LogP contribution >= 0.6 is 0 Å². The molecule has 0 unspecified atom stereocenters. The van der Waals surface area contributed by atoms with Crippen molar-refractivity contribution in [2.45, 2.75) is 38.4 Å². The van der Waals surface area contributed by atoms with Crippen LogP contribution in [0.1, 0.15) is 33.3 Å². The van der Waals surface area contributed by atoms with E-state index in [1.165, 1.54) is 0 Å². The lowest BCUT2D eigenvalue weighted by atomic mass is 9.84. The second kappa shape index (κ2) is 7.13. The van der Waals surface area contributed by atoms with Gasteiger partial charge in [0.1, 0.15) is 11.5 Å². The molecule has 0 aliphatic rings. The highest BCUT2D eigenvalue weighted by molar-refractivity contribution is 7.92. The number of benzene rings is 1. The summed E-state index contributed by atoms with van der Waals surface area (Å²) in [7, 11) is -1.76. The molecule has 5 nitrogen and oxygen atoms in total. The summed E-state index contributed by atoms with van der Waals surface area (Å²) in [6, 6.07) is 7.61. The number of carbonyl (C=O) groups excluding carboxylic acids is 1. The number of ether oxygens (including phenoxy) is 1. The lowest BCUT2D eigenvalue weighted by Gasteiger charge is -2.26. The SMILES string of the molecule is COc1ccc(C(C)(C)CNC(=O)CS(=O)(=O)C(C)C)cc1. The Bertz CT molecular complexity index is 604. The molecule has 1 amide bonds. The molecule has 0 atom stereocenters. The largest absolute Gasteiger partial charge is 0.497 e. The van der Waals surface area contributed by atoms with Crippen molar-refractivity contribution in [2.24, 2.45) is 0 Å². The standard InChI is InChI=1S/C16H25NO4S/c1-12(2)22(19,20)10-15(18)17-11-16(3,4)13-6-8-14(21-5)9-7-13/h6-9,12H,10-11H2,1-5H3,(H,17,18). The zero-order chi connectivity index (χ0) is 17.0. The fraction of sp³-hybridized carbons (Fsp3) is 0.562. The lowest BCUT2D eigenvalue weighted by Crippen LogP contribution is -2.40. The van der Waals surface area contributed by atoms with Gasteiger partial charge in [0.15, 0.2) is 9.84 Å². The highest BCUT2D eigenvalue weighted by atomic mass is 32.2. The quantitative estimate of drug-likeness (QED) is 0.830. The van der Waals surface area contributed by atoms with Crippen LogP contribution in [0.4, 0.5) is 0 Å². The van der Waals surface area contributed by atoms with Crippen LogP contribution in [0, 0.1) is 0 Å². The highest BCUT2D eigenvalue weighted by Crippen LogP contribution is 2.24. The Hall–Kier alpha value is -1.56. The van der Waals surface area contributed by atoms with Crippen molar-refractivity contribution in [1.29, 1.82) is 0 Å². The molecular weight excluding hydrogens is 302 g/mol. The van der Waals surface area contributed by atoms with Gasteiger partial charge in [0.2, 0.25) is 5.91 Å². The fourth-order valence-corrected chi connectivity index (χ4v) is 2.67. The molecule has 0 heterocycles. The van der Waals surface area contributed by atoms with Crippen LogP contribution in [0.2, 0.25) is 0 Å². The third kappa shape index (κ3) is 5.02. The third-order valence-electron chi connectivity index (χ3n) is 3.65. The average Bonchev–Trinajstić information content (AvgIpc) is 2.45. The van der Waals surface area contributed by atoms with Crippen molar-refractivity contribution in [1.82, 2.24) is 5.32 Å². The van der Waals surface area contributed by atoms with E-state index in [1.54, 1.807) is 21.0 Å². The van der Waals surface area contributed by atoms with E-state index < -0.39 is 26.7 Å². The first-order valence-electron chi connectivity index (χ1n) is 7.21. The first kappa shape index (κ1) is 18.5. The van der Waals surface area contributed by atoms with Gasteiger partial charge in [0, 0.05) is 12.0 Å². The molecule has 0 fully saturated rings. The van der Waals surface area contributed by atoms with Crippen molar-refractivity contribution in [2.75, 3.05) is 19.4 Å². The van der Waals surface area contributed by atoms with E-state index in [-0.39, 0.29) is 5.41 Å². The molecular formula is C16H25NO4S. The second-order valence-corrected chi connectivity index (χ2v) is 8.80. The summed E-state index contributed by atoms with van der Waals surface area (Å²) in [4.78, 5) is 11.8. The molecule has 22 heavy (non-hydrogen) atoms. The van der Waals surface area contributed by atoms with E-state index in [1.807, 2.05) is 38.1 Å². The van der Waals surface area contributed by atoms with Gasteiger partial charge >= 0.3 is 0 Å². The van der Waals surface area contributed by atoms with Crippen LogP contribution in [0.15, 0.2) is 24.3 Å². The van der Waals surface area contributed by atoms with E-state index in [0.717, 1.165) is 11.3 Å². The van der Waals surface area contributed by atoms with Crippen LogP contribution in [-0.4, -0.2) is 39.0 Å². The first-order valence-corrected chi connectivity index (χ1v) is 8.93. The molecule has 0 radical (unpaired) electrons. The van der Waals surface area contributed by atoms with Gasteiger partial charge in [-0.15, -0.1) is 0 Å². The van der Waals surface area contributed by atoms with Gasteiger partial charge in [-0.3, -0.25) is 4.79 Å². The molecule has 1 rings (SSSR count). The predicted octanol–water partition coefficient (Wildman–Crippen LogP) is 1.91. The Morgan fingerprint density at radius 3 is 2.23 bits per heavy atom. The van der Waals surface area contributed by atoms with Crippen LogP contribution in [0.25, 0.3) is 0 Å². The second-order valence-electron chi connectivity index (χ2n) is 6.25. The molecule has 0 saturated heterocycles. The summed E-state index contributed by atoms with van der Waals surface area (Å²) in [5.74, 6) is -0.162. The van der Waals surface area contributed by atoms with E-state index in [0.29, 0.717) is 6.54 Å². The Morgan fingerprint density at radius 1 is 1.23 bits per heavy atom. The predicted molar refractivity (Wildman–Crippen MR) is 88.0 cm³/mol. The zero-order valence-corrected chi connectivity index (χ0v) is 14.7. The van der Waals surface area contributed by atoms with E-state index >= 15 is 0 Å². The van der Waals surface area contributed by atoms with Crippen molar-refractivity contribution in [3.8, 4) is 5.75 Å². The minimum absolute atomic E-state index is 0.302. The molecule has 0 spiro atoms. The highest BCUT2D eigenvalue weighted by Gasteiger charge is 2.24. The summed E-state index contributed by atoms with van der Waals surface area (Å²) in [6.07, 6.45) is 0. The molecule has 124 valence electrons. The van der Waals surface area contributed by atoms with Gasteiger partial charge < -0.3 is 10.1 Å². The van der Waals surface area contributed by atoms with Crippen molar-refractivity contribution in [3.63, 3.8) is 0 Å². The summed E-state index contributed by atoms with van der Waals surface area (Å²) in [5, 5.41) is 2.16. The van der Waals surface area contributed by atoms with Crippen LogP contribution in [0.5, 0.6) is 5.75 Å². The van der Waals surface area contributed by atoms with Crippen LogP contribution in [0.3, 0.4) is 0 Å². The maximum absolute atomic E-state index is 11.8. The molecule has 0 bridgehead atoms. The molecule has 1 N–H and O–H groups in total. The smallest absolute Gasteiger partial charge is 0.235 e. The fourth-order valence-electron chi connectivity index (χ4n) is 1.86. The van der Waals surface area contributed by atoms with Crippen molar-refractivity contribution >= 4 is 15.7 Å². The van der Waals surface area contributed by atoms with E-state index in [4.69, 9.17) is 4.74 Å². The van der Waals surface area contributed by atoms with Gasteiger partial charge in [-0.25, -0.2) is 8.42 Å². The molecule has 0 aliphatic heterocycles. The minimum Gasteiger partial charge on any atom is -0.497 e. The zero-order valence-electron chi connectivity index (χ0n) is 13.8. The Morgan fingerprint density at radius 2 is 1.77 bits per heavy atom. The number of nitrogens with one attached hydrogen (secondary N) is 1. The maximum atomic E-state index is 11.8. The number of hydrogen-bond acceptors (Lipinski definition) is 4. The van der Waals surface area contributed by atoms with Crippen molar-refractivity contribution in [3.05, 3.63) is 29.8 Å². The Kier molecular flexibility index (Phi) is 6.00. The van der Waals surface area contributed by atoms with Gasteiger partial charge in [0.05, 0.1) is 12.4 Å². The normalized spacial score (nSPS) is 12.3. The number of hydrogen-bond donors (Lipinski definition) is 1. The van der Waals surface area contributed by atoms with Gasteiger partial charge in [0.25, 0.3) is 0 Å². The topological polar surface area (TPSA) is 72.5 Å². The number of rotatable bonds is 7. The molecule has 0 saturated carbocycles. The lowest BCUT2D eigenvalue weighted by molar-refractivity contribution is -0.118.